The number of likely N-dealkylation sites (N-methyl/N-ethyl adjacent to an activating group) is 1. The quantitative estimate of drug-likeness (QED) is 0.468. The summed E-state index contributed by atoms with van der Waals surface area (Å²) in [6, 6.07) is 6.14. The molecule has 1 fully saturated rings. The van der Waals surface area contributed by atoms with Crippen molar-refractivity contribution in [3.05, 3.63) is 24.4 Å². The molecule has 2 rings (SSSR count). The summed E-state index contributed by atoms with van der Waals surface area (Å²) in [6.07, 6.45) is 4.35. The van der Waals surface area contributed by atoms with Crippen LogP contribution in [-0.4, -0.2) is 42.5 Å². The standard InChI is InChI=1S/C13H21N5.HI/c1-18(2)11(10-6-7-10)9-16-13(14)17-12-5-3-4-8-15-12;/h3-5,8,10-11H,6-7,9H2,1-2H3,(H3,14,15,16,17);1H. The molecular formula is C13H22IN5. The Bertz CT molecular complexity index is 401. The van der Waals surface area contributed by atoms with Crippen molar-refractivity contribution < 1.29 is 0 Å². The van der Waals surface area contributed by atoms with E-state index in [2.05, 4.69) is 34.3 Å². The number of pyridine rings is 1. The molecule has 0 aromatic carbocycles. The summed E-state index contributed by atoms with van der Waals surface area (Å²) in [7, 11) is 4.20. The summed E-state index contributed by atoms with van der Waals surface area (Å²) < 4.78 is 0. The van der Waals surface area contributed by atoms with E-state index in [1.165, 1.54) is 12.8 Å². The lowest BCUT2D eigenvalue weighted by atomic mass is 10.2. The maximum Gasteiger partial charge on any atom is 0.194 e. The van der Waals surface area contributed by atoms with E-state index < -0.39 is 0 Å². The zero-order chi connectivity index (χ0) is 13.0. The summed E-state index contributed by atoms with van der Waals surface area (Å²) >= 11 is 0. The highest BCUT2D eigenvalue weighted by atomic mass is 127. The van der Waals surface area contributed by atoms with Crippen LogP contribution in [0.15, 0.2) is 29.4 Å². The predicted molar refractivity (Wildman–Crippen MR) is 90.0 cm³/mol. The summed E-state index contributed by atoms with van der Waals surface area (Å²) in [5.41, 5.74) is 5.86. The van der Waals surface area contributed by atoms with Gasteiger partial charge in [0.1, 0.15) is 5.82 Å². The highest BCUT2D eigenvalue weighted by Gasteiger charge is 2.32. The molecule has 0 saturated heterocycles. The van der Waals surface area contributed by atoms with E-state index in [0.29, 0.717) is 12.0 Å². The van der Waals surface area contributed by atoms with Crippen LogP contribution in [0, 0.1) is 5.92 Å². The van der Waals surface area contributed by atoms with Gasteiger partial charge in [-0.05, 0) is 45.0 Å². The van der Waals surface area contributed by atoms with Crippen LogP contribution in [0.1, 0.15) is 12.8 Å². The molecule has 1 aliphatic carbocycles. The van der Waals surface area contributed by atoms with Gasteiger partial charge in [0.15, 0.2) is 5.96 Å². The second-order valence-corrected chi connectivity index (χ2v) is 4.93. The smallest absolute Gasteiger partial charge is 0.194 e. The fourth-order valence-corrected chi connectivity index (χ4v) is 2.01. The number of aliphatic imine (C=N–C) groups is 1. The first-order chi connectivity index (χ1) is 8.66. The van der Waals surface area contributed by atoms with Crippen LogP contribution in [0.3, 0.4) is 0 Å². The molecule has 0 radical (unpaired) electrons. The molecule has 0 amide bonds. The van der Waals surface area contributed by atoms with E-state index in [1.54, 1.807) is 6.20 Å². The van der Waals surface area contributed by atoms with Crippen molar-refractivity contribution in [3.63, 3.8) is 0 Å². The Balaban J connectivity index is 0.00000180. The van der Waals surface area contributed by atoms with Crippen molar-refractivity contribution >= 4 is 35.8 Å². The lowest BCUT2D eigenvalue weighted by molar-refractivity contribution is 0.271. The molecule has 1 aromatic heterocycles. The number of nitrogens with zero attached hydrogens (tertiary/aromatic N) is 3. The number of anilines is 1. The monoisotopic (exact) mass is 375 g/mol. The Hall–Kier alpha value is -0.890. The zero-order valence-corrected chi connectivity index (χ0v) is 13.7. The Morgan fingerprint density at radius 3 is 2.79 bits per heavy atom. The van der Waals surface area contributed by atoms with E-state index in [-0.39, 0.29) is 24.0 Å². The molecule has 0 bridgehead atoms. The number of nitrogens with one attached hydrogen (secondary N) is 1. The Morgan fingerprint density at radius 2 is 2.26 bits per heavy atom. The minimum atomic E-state index is 0. The fraction of sp³-hybridized carbons (Fsp3) is 0.538. The SMILES string of the molecule is CN(C)C(CN=C(N)Nc1ccccn1)C1CC1.I. The molecule has 1 atom stereocenters. The molecule has 1 saturated carbocycles. The van der Waals surface area contributed by atoms with Crippen molar-refractivity contribution in [1.29, 1.82) is 0 Å². The normalized spacial score (nSPS) is 16.9. The van der Waals surface area contributed by atoms with Gasteiger partial charge in [-0.1, -0.05) is 6.07 Å². The first kappa shape index (κ1) is 16.2. The first-order valence-corrected chi connectivity index (χ1v) is 6.31. The average Bonchev–Trinajstić information content (AvgIpc) is 3.14. The van der Waals surface area contributed by atoms with E-state index in [1.807, 2.05) is 18.2 Å². The number of nitrogens with two attached hydrogens (primary N) is 1. The van der Waals surface area contributed by atoms with E-state index in [4.69, 9.17) is 5.73 Å². The Kier molecular flexibility index (Phi) is 6.50. The van der Waals surface area contributed by atoms with Crippen LogP contribution in [0.2, 0.25) is 0 Å². The van der Waals surface area contributed by atoms with Crippen molar-refractivity contribution in [3.8, 4) is 0 Å². The van der Waals surface area contributed by atoms with Gasteiger partial charge in [-0.2, -0.15) is 0 Å². The van der Waals surface area contributed by atoms with Gasteiger partial charge in [0.05, 0.1) is 6.54 Å². The minimum absolute atomic E-state index is 0. The van der Waals surface area contributed by atoms with Gasteiger partial charge in [0, 0.05) is 12.2 Å². The van der Waals surface area contributed by atoms with Crippen LogP contribution in [-0.2, 0) is 0 Å². The van der Waals surface area contributed by atoms with Gasteiger partial charge >= 0.3 is 0 Å². The maximum atomic E-state index is 5.86. The van der Waals surface area contributed by atoms with Crippen LogP contribution < -0.4 is 11.1 Å². The molecule has 6 heteroatoms. The molecule has 0 aliphatic heterocycles. The number of guanidine groups is 1. The lowest BCUT2D eigenvalue weighted by Gasteiger charge is -2.22. The van der Waals surface area contributed by atoms with E-state index in [9.17, 15) is 0 Å². The highest BCUT2D eigenvalue weighted by molar-refractivity contribution is 14.0. The van der Waals surface area contributed by atoms with Gasteiger partial charge in [-0.15, -0.1) is 24.0 Å². The highest BCUT2D eigenvalue weighted by Crippen LogP contribution is 2.34. The number of hydrogen-bond acceptors (Lipinski definition) is 3. The number of aromatic nitrogens is 1. The topological polar surface area (TPSA) is 66.5 Å². The third-order valence-electron chi connectivity index (χ3n) is 3.20. The first-order valence-electron chi connectivity index (χ1n) is 6.31. The molecule has 0 spiro atoms. The second-order valence-electron chi connectivity index (χ2n) is 4.93. The fourth-order valence-electron chi connectivity index (χ4n) is 2.01. The molecule has 1 aromatic rings. The summed E-state index contributed by atoms with van der Waals surface area (Å²) in [5.74, 6) is 1.94. The van der Waals surface area contributed by atoms with Crippen molar-refractivity contribution in [1.82, 2.24) is 9.88 Å². The summed E-state index contributed by atoms with van der Waals surface area (Å²) in [4.78, 5) is 10.8. The average molecular weight is 375 g/mol. The predicted octanol–water partition coefficient (Wildman–Crippen LogP) is 1.77. The number of rotatable bonds is 5. The molecule has 19 heavy (non-hydrogen) atoms. The Morgan fingerprint density at radius 1 is 1.53 bits per heavy atom. The van der Waals surface area contributed by atoms with Crippen molar-refractivity contribution in [2.75, 3.05) is 26.0 Å². The van der Waals surface area contributed by atoms with Crippen LogP contribution in [0.25, 0.3) is 0 Å². The van der Waals surface area contributed by atoms with Crippen LogP contribution >= 0.6 is 24.0 Å². The van der Waals surface area contributed by atoms with Crippen LogP contribution in [0.5, 0.6) is 0 Å². The maximum absolute atomic E-state index is 5.86. The molecule has 106 valence electrons. The van der Waals surface area contributed by atoms with Gasteiger partial charge in [-0.25, -0.2) is 4.98 Å². The number of hydrogen-bond donors (Lipinski definition) is 2. The third-order valence-corrected chi connectivity index (χ3v) is 3.20. The molecule has 5 nitrogen and oxygen atoms in total. The van der Waals surface area contributed by atoms with Gasteiger partial charge in [0.2, 0.25) is 0 Å². The minimum Gasteiger partial charge on any atom is -0.370 e. The molecule has 1 heterocycles. The molecule has 1 unspecified atom stereocenters. The van der Waals surface area contributed by atoms with Crippen molar-refractivity contribution in [2.45, 2.75) is 18.9 Å². The third kappa shape index (κ3) is 5.32. The van der Waals surface area contributed by atoms with Gasteiger partial charge in [-0.3, -0.25) is 4.99 Å². The molecule has 3 N–H and O–H groups in total. The van der Waals surface area contributed by atoms with Gasteiger partial charge in [0.25, 0.3) is 0 Å². The lowest BCUT2D eigenvalue weighted by Crippen LogP contribution is -2.34. The number of halogens is 1. The largest absolute Gasteiger partial charge is 0.370 e. The van der Waals surface area contributed by atoms with Crippen LogP contribution in [0.4, 0.5) is 5.82 Å². The molecule has 1 aliphatic rings. The van der Waals surface area contributed by atoms with Crippen molar-refractivity contribution in [2.24, 2.45) is 16.6 Å². The zero-order valence-electron chi connectivity index (χ0n) is 11.4. The molecular weight excluding hydrogens is 353 g/mol. The summed E-state index contributed by atoms with van der Waals surface area (Å²) in [6.45, 7) is 0.739. The Labute approximate surface area is 131 Å². The summed E-state index contributed by atoms with van der Waals surface area (Å²) in [5, 5.41) is 2.99. The second kappa shape index (κ2) is 7.64. The van der Waals surface area contributed by atoms with E-state index >= 15 is 0 Å². The van der Waals surface area contributed by atoms with E-state index in [0.717, 1.165) is 18.3 Å². The van der Waals surface area contributed by atoms with Gasteiger partial charge < -0.3 is 16.0 Å².